The van der Waals surface area contributed by atoms with E-state index in [0.717, 1.165) is 17.7 Å². The van der Waals surface area contributed by atoms with Crippen molar-refractivity contribution in [1.29, 1.82) is 0 Å². The van der Waals surface area contributed by atoms with Crippen LogP contribution in [0.5, 0.6) is 5.75 Å². The van der Waals surface area contributed by atoms with Crippen molar-refractivity contribution >= 4 is 17.5 Å². The van der Waals surface area contributed by atoms with Crippen LogP contribution in [0.1, 0.15) is 34.3 Å². The van der Waals surface area contributed by atoms with Gasteiger partial charge in [-0.15, -0.1) is 0 Å². The summed E-state index contributed by atoms with van der Waals surface area (Å²) in [5, 5.41) is 16.2. The van der Waals surface area contributed by atoms with Crippen LogP contribution in [0.4, 0.5) is 18.9 Å². The number of anilines is 1. The molecular formula is C25H23F3N4O3. The number of aromatic hydroxyl groups is 1. The largest absolute Gasteiger partial charge is 0.508 e. The van der Waals surface area contributed by atoms with Crippen LogP contribution in [0.25, 0.3) is 0 Å². The average Bonchev–Trinajstić information content (AvgIpc) is 3.37. The van der Waals surface area contributed by atoms with E-state index < -0.39 is 34.5 Å². The summed E-state index contributed by atoms with van der Waals surface area (Å²) < 4.78 is 41.9. The molecule has 1 aliphatic carbocycles. The van der Waals surface area contributed by atoms with E-state index in [2.05, 4.69) is 10.4 Å². The number of benzene rings is 2. The standard InChI is InChI=1S/C25H23F3N4O3/c26-25(27,28)20-10-19(33)6-7-21(20)30-23(35)24-9-8-18(24)14-31(15-24)22(34)17-11-29-32(13-17)12-16-4-2-1-3-5-16/h1-7,10-11,13,18,33H,8-9,12,14-15H2,(H,30,35). The van der Waals surface area contributed by atoms with E-state index in [9.17, 15) is 27.9 Å². The molecule has 1 saturated carbocycles. The number of carbonyl (C=O) groups is 2. The van der Waals surface area contributed by atoms with Crippen molar-refractivity contribution in [1.82, 2.24) is 14.7 Å². The molecule has 2 atom stereocenters. The minimum atomic E-state index is -4.74. The van der Waals surface area contributed by atoms with Crippen LogP contribution in [0.15, 0.2) is 60.9 Å². The average molecular weight is 484 g/mol. The molecule has 5 rings (SSSR count). The Balaban J connectivity index is 1.30. The molecule has 2 amide bonds. The maximum atomic E-state index is 13.4. The molecule has 2 N–H and O–H groups in total. The molecule has 10 heteroatoms. The van der Waals surface area contributed by atoms with Crippen molar-refractivity contribution in [2.75, 3.05) is 18.4 Å². The zero-order valence-electron chi connectivity index (χ0n) is 18.6. The van der Waals surface area contributed by atoms with Gasteiger partial charge in [-0.3, -0.25) is 14.3 Å². The van der Waals surface area contributed by atoms with E-state index in [0.29, 0.717) is 37.6 Å². The first-order chi connectivity index (χ1) is 16.7. The Morgan fingerprint density at radius 1 is 1.17 bits per heavy atom. The van der Waals surface area contributed by atoms with Crippen LogP contribution in [0.3, 0.4) is 0 Å². The van der Waals surface area contributed by atoms with Crippen molar-refractivity contribution < 1.29 is 27.9 Å². The van der Waals surface area contributed by atoms with Gasteiger partial charge >= 0.3 is 6.18 Å². The maximum Gasteiger partial charge on any atom is 0.418 e. The first-order valence-corrected chi connectivity index (χ1v) is 11.2. The highest BCUT2D eigenvalue weighted by molar-refractivity contribution is 5.99. The smallest absolute Gasteiger partial charge is 0.418 e. The summed E-state index contributed by atoms with van der Waals surface area (Å²) in [5.41, 5.74) is -1.02. The summed E-state index contributed by atoms with van der Waals surface area (Å²) in [5.74, 6) is -1.47. The third-order valence-electron chi connectivity index (χ3n) is 7.00. The molecule has 2 aliphatic rings. The summed E-state index contributed by atoms with van der Waals surface area (Å²) in [4.78, 5) is 27.9. The fraction of sp³-hybridized carbons (Fsp3) is 0.320. The zero-order chi connectivity index (χ0) is 24.8. The lowest BCUT2D eigenvalue weighted by molar-refractivity contribution is -0.137. The Morgan fingerprint density at radius 2 is 1.94 bits per heavy atom. The van der Waals surface area contributed by atoms with Crippen molar-refractivity contribution in [3.05, 3.63) is 77.6 Å². The Labute approximate surface area is 199 Å². The number of likely N-dealkylation sites (tertiary alicyclic amines) is 1. The third-order valence-corrected chi connectivity index (χ3v) is 7.00. The monoisotopic (exact) mass is 484 g/mol. The van der Waals surface area contributed by atoms with E-state index >= 15 is 0 Å². The molecule has 0 bridgehead atoms. The highest BCUT2D eigenvalue weighted by atomic mass is 19.4. The molecule has 0 radical (unpaired) electrons. The molecule has 2 unspecified atom stereocenters. The molecular weight excluding hydrogens is 461 g/mol. The SMILES string of the molecule is O=C(c1cnn(Cc2ccccc2)c1)N1CC2CCC2(C(=O)Nc2ccc(O)cc2C(F)(F)F)C1. The number of fused-ring (bicyclic) bond motifs is 1. The highest BCUT2D eigenvalue weighted by Gasteiger charge is 2.59. The van der Waals surface area contributed by atoms with Crippen LogP contribution in [-0.2, 0) is 17.5 Å². The first-order valence-electron chi connectivity index (χ1n) is 11.2. The Hall–Kier alpha value is -3.82. The lowest BCUT2D eigenvalue weighted by Gasteiger charge is -2.42. The molecule has 0 spiro atoms. The van der Waals surface area contributed by atoms with Gasteiger partial charge in [0.2, 0.25) is 5.91 Å². The lowest BCUT2D eigenvalue weighted by atomic mass is 9.61. The number of rotatable bonds is 5. The van der Waals surface area contributed by atoms with Gasteiger partial charge in [0.05, 0.1) is 35.0 Å². The second kappa shape index (κ2) is 8.44. The number of hydrogen-bond donors (Lipinski definition) is 2. The summed E-state index contributed by atoms with van der Waals surface area (Å²) in [6, 6.07) is 12.4. The number of amides is 2. The minimum Gasteiger partial charge on any atom is -0.508 e. The molecule has 2 fully saturated rings. The topological polar surface area (TPSA) is 87.5 Å². The summed E-state index contributed by atoms with van der Waals surface area (Å²) in [6.07, 6.45) is -0.388. The van der Waals surface area contributed by atoms with E-state index in [-0.39, 0.29) is 18.4 Å². The second-order valence-electron chi connectivity index (χ2n) is 9.17. The Morgan fingerprint density at radius 3 is 2.63 bits per heavy atom. The number of phenols is 1. The van der Waals surface area contributed by atoms with Gasteiger partial charge in [0.15, 0.2) is 0 Å². The second-order valence-corrected chi connectivity index (χ2v) is 9.17. The molecule has 1 aromatic heterocycles. The van der Waals surface area contributed by atoms with Crippen LogP contribution >= 0.6 is 0 Å². The Kier molecular flexibility index (Phi) is 5.53. The van der Waals surface area contributed by atoms with Crippen LogP contribution in [-0.4, -0.2) is 44.7 Å². The van der Waals surface area contributed by atoms with E-state index in [1.54, 1.807) is 15.8 Å². The molecule has 2 aromatic carbocycles. The Bertz CT molecular complexity index is 1270. The summed E-state index contributed by atoms with van der Waals surface area (Å²) >= 11 is 0. The van der Waals surface area contributed by atoms with Crippen molar-refractivity contribution in [3.63, 3.8) is 0 Å². The highest BCUT2D eigenvalue weighted by Crippen LogP contribution is 2.53. The van der Waals surface area contributed by atoms with Gasteiger partial charge in [-0.1, -0.05) is 30.3 Å². The molecule has 35 heavy (non-hydrogen) atoms. The fourth-order valence-corrected chi connectivity index (χ4v) is 5.00. The van der Waals surface area contributed by atoms with Gasteiger partial charge in [0.1, 0.15) is 5.75 Å². The number of phenolic OH excluding ortho intramolecular Hbond substituents is 1. The fourth-order valence-electron chi connectivity index (χ4n) is 5.00. The van der Waals surface area contributed by atoms with Crippen LogP contribution in [0, 0.1) is 11.3 Å². The van der Waals surface area contributed by atoms with Gasteiger partial charge in [0.25, 0.3) is 5.91 Å². The lowest BCUT2D eigenvalue weighted by Crippen LogP contribution is -2.49. The minimum absolute atomic E-state index is 0.128. The molecule has 1 saturated heterocycles. The van der Waals surface area contributed by atoms with Crippen molar-refractivity contribution in [2.24, 2.45) is 11.3 Å². The molecule has 7 nitrogen and oxygen atoms in total. The summed E-state index contributed by atoms with van der Waals surface area (Å²) in [7, 11) is 0. The van der Waals surface area contributed by atoms with Gasteiger partial charge in [-0.05, 0) is 42.5 Å². The number of alkyl halides is 3. The maximum absolute atomic E-state index is 13.4. The number of nitrogens with one attached hydrogen (secondary N) is 1. The van der Waals surface area contributed by atoms with Crippen LogP contribution < -0.4 is 5.32 Å². The molecule has 2 heterocycles. The van der Waals surface area contributed by atoms with Crippen molar-refractivity contribution in [3.8, 4) is 5.75 Å². The third kappa shape index (κ3) is 4.24. The molecule has 3 aromatic rings. The predicted octanol–water partition coefficient (Wildman–Crippen LogP) is 4.15. The number of nitrogens with zero attached hydrogens (tertiary/aromatic N) is 3. The molecule has 182 valence electrons. The normalized spacial score (nSPS) is 21.3. The first kappa shape index (κ1) is 22.9. The van der Waals surface area contributed by atoms with Gasteiger partial charge < -0.3 is 15.3 Å². The van der Waals surface area contributed by atoms with Gasteiger partial charge in [-0.25, -0.2) is 0 Å². The van der Waals surface area contributed by atoms with E-state index in [4.69, 9.17) is 0 Å². The van der Waals surface area contributed by atoms with Gasteiger partial charge in [0, 0.05) is 19.3 Å². The molecule has 1 aliphatic heterocycles. The number of halogens is 3. The van der Waals surface area contributed by atoms with E-state index in [1.165, 1.54) is 6.20 Å². The van der Waals surface area contributed by atoms with Gasteiger partial charge in [-0.2, -0.15) is 18.3 Å². The summed E-state index contributed by atoms with van der Waals surface area (Å²) in [6.45, 7) is 1.00. The number of aromatic nitrogens is 2. The van der Waals surface area contributed by atoms with Crippen LogP contribution in [0.2, 0.25) is 0 Å². The van der Waals surface area contributed by atoms with Crippen molar-refractivity contribution in [2.45, 2.75) is 25.6 Å². The van der Waals surface area contributed by atoms with E-state index in [1.807, 2.05) is 30.3 Å². The number of hydrogen-bond acceptors (Lipinski definition) is 4. The zero-order valence-corrected chi connectivity index (χ0v) is 18.6. The number of carbonyl (C=O) groups excluding carboxylic acids is 2. The quantitative estimate of drug-likeness (QED) is 0.533. The predicted molar refractivity (Wildman–Crippen MR) is 121 cm³/mol.